The first-order valence-electron chi connectivity index (χ1n) is 4.99. The molecule has 0 saturated heterocycles. The molecule has 0 fully saturated rings. The van der Waals surface area contributed by atoms with Crippen LogP contribution in [0, 0.1) is 0 Å². The van der Waals surface area contributed by atoms with Crippen LogP contribution in [-0.4, -0.2) is 16.6 Å². The zero-order valence-corrected chi connectivity index (χ0v) is 9.12. The topological polar surface area (TPSA) is 82.2 Å². The minimum absolute atomic E-state index is 0.305. The van der Waals surface area contributed by atoms with Crippen LogP contribution >= 0.6 is 0 Å². The molecular formula is C11H12NO4-. The van der Waals surface area contributed by atoms with Crippen LogP contribution < -0.4 is 10.7 Å². The minimum Gasteiger partial charge on any atom is -0.545 e. The van der Waals surface area contributed by atoms with Crippen molar-refractivity contribution in [2.75, 3.05) is 0 Å². The van der Waals surface area contributed by atoms with Gasteiger partial charge in [-0.15, -0.1) is 0 Å². The highest BCUT2D eigenvalue weighted by atomic mass is 16.5. The Morgan fingerprint density at radius 1 is 1.56 bits per heavy atom. The van der Waals surface area contributed by atoms with Crippen LogP contribution in [0.25, 0.3) is 0 Å². The summed E-state index contributed by atoms with van der Waals surface area (Å²) in [7, 11) is 0. The summed E-state index contributed by atoms with van der Waals surface area (Å²) >= 11 is 0. The molecule has 5 nitrogen and oxygen atoms in total. The number of carboxylic acids is 1. The summed E-state index contributed by atoms with van der Waals surface area (Å²) in [5.41, 5.74) is 0.154. The van der Waals surface area contributed by atoms with E-state index in [0.717, 1.165) is 5.69 Å². The zero-order valence-electron chi connectivity index (χ0n) is 9.12. The number of pyridine rings is 1. The van der Waals surface area contributed by atoms with E-state index in [2.05, 4.69) is 4.98 Å². The van der Waals surface area contributed by atoms with E-state index in [-0.39, 0.29) is 11.2 Å². The second-order valence-corrected chi connectivity index (χ2v) is 4.53. The molecule has 0 unspecified atom stereocenters. The number of ether oxygens (including phenoxy) is 1. The first-order valence-corrected chi connectivity index (χ1v) is 4.99. The third kappa shape index (κ3) is 1.86. The number of hydrogen-bond acceptors (Lipinski definition) is 4. The maximum absolute atomic E-state index is 11.4. The van der Waals surface area contributed by atoms with E-state index in [1.165, 1.54) is 6.07 Å². The summed E-state index contributed by atoms with van der Waals surface area (Å²) in [6.45, 7) is 4.14. The molecule has 2 heterocycles. The van der Waals surface area contributed by atoms with E-state index in [9.17, 15) is 14.7 Å². The molecule has 1 aliphatic rings. The lowest BCUT2D eigenvalue weighted by Gasteiger charge is -2.31. The van der Waals surface area contributed by atoms with Gasteiger partial charge in [0.25, 0.3) is 5.56 Å². The number of aromatic amines is 1. The maximum atomic E-state index is 11.4. The fraction of sp³-hybridized carbons (Fsp3) is 0.455. The molecule has 1 N–H and O–H groups in total. The second kappa shape index (κ2) is 3.45. The Bertz CT molecular complexity index is 501. The monoisotopic (exact) mass is 222 g/mol. The molecule has 86 valence electrons. The average Bonchev–Trinajstić information content (AvgIpc) is 2.14. The molecule has 16 heavy (non-hydrogen) atoms. The third-order valence-electron chi connectivity index (χ3n) is 2.66. The van der Waals surface area contributed by atoms with Gasteiger partial charge in [0.2, 0.25) is 0 Å². The van der Waals surface area contributed by atoms with Crippen LogP contribution in [0.1, 0.15) is 35.5 Å². The van der Waals surface area contributed by atoms with E-state index >= 15 is 0 Å². The van der Waals surface area contributed by atoms with Crippen molar-refractivity contribution in [1.29, 1.82) is 0 Å². The van der Waals surface area contributed by atoms with Crippen molar-refractivity contribution in [3.05, 3.63) is 33.2 Å². The highest BCUT2D eigenvalue weighted by Crippen LogP contribution is 2.25. The first-order chi connectivity index (χ1) is 7.39. The predicted octanol–water partition coefficient (Wildman–Crippen LogP) is -0.410. The largest absolute Gasteiger partial charge is 0.545 e. The van der Waals surface area contributed by atoms with Crippen LogP contribution in [0.4, 0.5) is 0 Å². The van der Waals surface area contributed by atoms with Crippen molar-refractivity contribution < 1.29 is 14.6 Å². The zero-order chi connectivity index (χ0) is 11.9. The molecule has 0 aromatic carbocycles. The number of H-pyrrole nitrogens is 1. The van der Waals surface area contributed by atoms with E-state index in [1.807, 2.05) is 13.8 Å². The molecule has 0 spiro atoms. The predicted molar refractivity (Wildman–Crippen MR) is 54.0 cm³/mol. The Labute approximate surface area is 92.1 Å². The van der Waals surface area contributed by atoms with E-state index in [1.54, 1.807) is 0 Å². The van der Waals surface area contributed by atoms with Crippen molar-refractivity contribution in [2.45, 2.75) is 32.5 Å². The standard InChI is InChI=1S/C11H13NO4/c1-11(2)4-8-6(5-16-11)3-7(10(14)15)9(13)12-8/h3H,4-5H2,1-2H3,(H,12,13)(H,14,15)/p-1. The highest BCUT2D eigenvalue weighted by molar-refractivity contribution is 5.85. The molecule has 0 radical (unpaired) electrons. The maximum Gasteiger partial charge on any atom is 0.257 e. The van der Waals surface area contributed by atoms with E-state index in [4.69, 9.17) is 4.74 Å². The molecule has 0 saturated carbocycles. The van der Waals surface area contributed by atoms with Gasteiger partial charge < -0.3 is 19.6 Å². The Balaban J connectivity index is 2.51. The number of carbonyl (C=O) groups is 1. The van der Waals surface area contributed by atoms with Gasteiger partial charge in [-0.1, -0.05) is 0 Å². The van der Waals surface area contributed by atoms with E-state index < -0.39 is 11.5 Å². The fourth-order valence-electron chi connectivity index (χ4n) is 1.80. The molecule has 0 atom stereocenters. The highest BCUT2D eigenvalue weighted by Gasteiger charge is 2.27. The van der Waals surface area contributed by atoms with Crippen molar-refractivity contribution in [3.63, 3.8) is 0 Å². The summed E-state index contributed by atoms with van der Waals surface area (Å²) in [6.07, 6.45) is 0.560. The lowest BCUT2D eigenvalue weighted by Crippen LogP contribution is -2.36. The van der Waals surface area contributed by atoms with Crippen LogP contribution in [0.2, 0.25) is 0 Å². The van der Waals surface area contributed by atoms with Gasteiger partial charge in [0.15, 0.2) is 0 Å². The SMILES string of the molecule is CC1(C)Cc2[nH]c(=O)c(C(=O)[O-])cc2CO1. The van der Waals surface area contributed by atoms with Gasteiger partial charge in [-0.3, -0.25) is 4.79 Å². The second-order valence-electron chi connectivity index (χ2n) is 4.53. The lowest BCUT2D eigenvalue weighted by molar-refractivity contribution is -0.255. The number of aromatic carboxylic acids is 1. The summed E-state index contributed by atoms with van der Waals surface area (Å²) in [5, 5.41) is 10.7. The van der Waals surface area contributed by atoms with Gasteiger partial charge in [-0.25, -0.2) is 0 Å². The number of rotatable bonds is 1. The first kappa shape index (κ1) is 10.9. The van der Waals surface area contributed by atoms with Crippen LogP contribution in [0.5, 0.6) is 0 Å². The number of hydrogen-bond donors (Lipinski definition) is 1. The average molecular weight is 222 g/mol. The number of aromatic nitrogens is 1. The Hall–Kier alpha value is -1.62. The molecule has 2 rings (SSSR count). The molecule has 1 aliphatic heterocycles. The lowest BCUT2D eigenvalue weighted by atomic mass is 9.95. The van der Waals surface area contributed by atoms with Crippen molar-refractivity contribution in [1.82, 2.24) is 4.98 Å². The normalized spacial score (nSPS) is 17.9. The van der Waals surface area contributed by atoms with Crippen molar-refractivity contribution in [2.24, 2.45) is 0 Å². The molecule has 5 heteroatoms. The number of carbonyl (C=O) groups excluding carboxylic acids is 1. The van der Waals surface area contributed by atoms with Crippen LogP contribution in [0.15, 0.2) is 10.9 Å². The molecule has 1 aromatic heterocycles. The van der Waals surface area contributed by atoms with Gasteiger partial charge >= 0.3 is 0 Å². The number of carboxylic acid groups (broad SMARTS) is 1. The summed E-state index contributed by atoms with van der Waals surface area (Å²) in [5.74, 6) is -1.46. The molecular weight excluding hydrogens is 210 g/mol. The quantitative estimate of drug-likeness (QED) is 0.700. The van der Waals surface area contributed by atoms with Gasteiger partial charge in [-0.2, -0.15) is 0 Å². The van der Waals surface area contributed by atoms with Crippen molar-refractivity contribution in [3.8, 4) is 0 Å². The number of nitrogens with one attached hydrogen (secondary N) is 1. The molecule has 0 aliphatic carbocycles. The minimum atomic E-state index is -1.46. The van der Waals surface area contributed by atoms with Crippen LogP contribution in [-0.2, 0) is 17.8 Å². The summed E-state index contributed by atoms with van der Waals surface area (Å²) in [4.78, 5) is 24.7. The van der Waals surface area contributed by atoms with E-state index in [0.29, 0.717) is 18.6 Å². The smallest absolute Gasteiger partial charge is 0.257 e. The molecule has 1 aromatic rings. The van der Waals surface area contributed by atoms with Gasteiger partial charge in [0.05, 0.1) is 23.7 Å². The molecule has 0 bridgehead atoms. The van der Waals surface area contributed by atoms with Gasteiger partial charge in [0, 0.05) is 12.1 Å². The van der Waals surface area contributed by atoms with Crippen molar-refractivity contribution >= 4 is 5.97 Å². The number of fused-ring (bicyclic) bond motifs is 1. The Morgan fingerprint density at radius 3 is 2.88 bits per heavy atom. The Kier molecular flexibility index (Phi) is 2.35. The molecule has 0 amide bonds. The Morgan fingerprint density at radius 2 is 2.25 bits per heavy atom. The van der Waals surface area contributed by atoms with Gasteiger partial charge in [-0.05, 0) is 25.5 Å². The van der Waals surface area contributed by atoms with Gasteiger partial charge in [0.1, 0.15) is 0 Å². The summed E-state index contributed by atoms with van der Waals surface area (Å²) in [6, 6.07) is 1.33. The fourth-order valence-corrected chi connectivity index (χ4v) is 1.80. The van der Waals surface area contributed by atoms with Crippen LogP contribution in [0.3, 0.4) is 0 Å². The summed E-state index contributed by atoms with van der Waals surface area (Å²) < 4.78 is 5.53. The third-order valence-corrected chi connectivity index (χ3v) is 2.66.